The van der Waals surface area contributed by atoms with Gasteiger partial charge in [-0.1, -0.05) is 182 Å². The maximum atomic E-state index is 5.61. The number of thiophene rings is 2. The van der Waals surface area contributed by atoms with Gasteiger partial charge >= 0.3 is 0 Å². The van der Waals surface area contributed by atoms with Crippen LogP contribution in [0.15, 0.2) is 243 Å². The first-order valence-electron chi connectivity index (χ1n) is 25.5. The smallest absolute Gasteiger partial charge is 0.166 e. The molecule has 0 atom stereocenters. The van der Waals surface area contributed by atoms with Gasteiger partial charge in [0, 0.05) is 97.9 Å². The van der Waals surface area contributed by atoms with E-state index >= 15 is 0 Å². The van der Waals surface area contributed by atoms with Crippen molar-refractivity contribution >= 4 is 107 Å². The second-order valence-electron chi connectivity index (χ2n) is 19.3. The van der Waals surface area contributed by atoms with Gasteiger partial charge in [0.05, 0.1) is 37.2 Å². The zero-order valence-corrected chi connectivity index (χ0v) is 42.2. The third kappa shape index (κ3) is 6.51. The molecule has 8 heteroatoms. The summed E-state index contributed by atoms with van der Waals surface area (Å²) in [6.45, 7) is 0. The second-order valence-corrected chi connectivity index (χ2v) is 21.4. The molecule has 0 saturated carbocycles. The highest BCUT2D eigenvalue weighted by atomic mass is 32.1. The van der Waals surface area contributed by atoms with Gasteiger partial charge in [-0.3, -0.25) is 4.98 Å². The van der Waals surface area contributed by atoms with E-state index in [2.05, 4.69) is 216 Å². The molecule has 16 rings (SSSR count). The molecule has 0 N–H and O–H groups in total. The van der Waals surface area contributed by atoms with E-state index in [0.29, 0.717) is 17.5 Å². The van der Waals surface area contributed by atoms with E-state index in [-0.39, 0.29) is 0 Å². The summed E-state index contributed by atoms with van der Waals surface area (Å²) in [6.07, 6.45) is 2.06. The summed E-state index contributed by atoms with van der Waals surface area (Å²) in [7, 11) is 0. The second kappa shape index (κ2) is 17.0. The third-order valence-corrected chi connectivity index (χ3v) is 17.4. The van der Waals surface area contributed by atoms with Gasteiger partial charge in [-0.2, -0.15) is 0 Å². The molecule has 0 amide bonds. The molecule has 76 heavy (non-hydrogen) atoms. The molecule has 0 unspecified atom stereocenters. The molecule has 6 aromatic heterocycles. The SMILES string of the molecule is c1ccc(-c2nc(-c3ccccc3)nc(-c3cc(-c4cccc5sc6c(ccc7c8ccccc8n(-c8ccccc8)c76)c45)cnc3-c3cccc4sc5c(ccc6c7ccccc7n(-c7ccccc7)c65)c34)n2)cc1. The first-order valence-corrected chi connectivity index (χ1v) is 27.1. The molecule has 0 fully saturated rings. The number of pyridine rings is 1. The highest BCUT2D eigenvalue weighted by molar-refractivity contribution is 7.27. The number of rotatable bonds is 7. The molecule has 0 saturated heterocycles. The maximum absolute atomic E-state index is 5.61. The molecule has 6 heterocycles. The average molecular weight is 1010 g/mol. The van der Waals surface area contributed by atoms with Crippen LogP contribution < -0.4 is 0 Å². The van der Waals surface area contributed by atoms with Crippen molar-refractivity contribution in [2.45, 2.75) is 0 Å². The van der Waals surface area contributed by atoms with Crippen LogP contribution in [0, 0.1) is 0 Å². The molecule has 0 aliphatic heterocycles. The summed E-state index contributed by atoms with van der Waals surface area (Å²) < 4.78 is 9.74. The van der Waals surface area contributed by atoms with Crippen molar-refractivity contribution in [1.29, 1.82) is 0 Å². The van der Waals surface area contributed by atoms with Crippen LogP contribution in [-0.2, 0) is 0 Å². The number of hydrogen-bond donors (Lipinski definition) is 0. The molecule has 0 spiro atoms. The lowest BCUT2D eigenvalue weighted by molar-refractivity contribution is 1.07. The van der Waals surface area contributed by atoms with Gasteiger partial charge in [0.25, 0.3) is 0 Å². The van der Waals surface area contributed by atoms with Crippen LogP contribution in [0.3, 0.4) is 0 Å². The number of aromatic nitrogens is 6. The van der Waals surface area contributed by atoms with E-state index in [1.165, 1.54) is 78.6 Å². The first-order chi connectivity index (χ1) is 37.7. The minimum atomic E-state index is 0.552. The molecule has 0 aliphatic carbocycles. The fraction of sp³-hybridized carbons (Fsp3) is 0. The zero-order chi connectivity index (χ0) is 49.8. The van der Waals surface area contributed by atoms with E-state index in [1.54, 1.807) is 0 Å². The van der Waals surface area contributed by atoms with E-state index in [0.717, 1.165) is 55.8 Å². The van der Waals surface area contributed by atoms with Crippen LogP contribution in [0.5, 0.6) is 0 Å². The molecule has 10 aromatic carbocycles. The summed E-state index contributed by atoms with van der Waals surface area (Å²) in [5.74, 6) is 1.75. The molecular formula is C68H40N6S2. The topological polar surface area (TPSA) is 61.4 Å². The Morgan fingerprint density at radius 3 is 1.28 bits per heavy atom. The molecule has 354 valence electrons. The van der Waals surface area contributed by atoms with Gasteiger partial charge in [0.15, 0.2) is 17.5 Å². The Morgan fingerprint density at radius 1 is 0.316 bits per heavy atom. The lowest BCUT2D eigenvalue weighted by Gasteiger charge is -2.15. The first kappa shape index (κ1) is 42.9. The number of para-hydroxylation sites is 4. The van der Waals surface area contributed by atoms with Crippen LogP contribution in [0.1, 0.15) is 0 Å². The fourth-order valence-electron chi connectivity index (χ4n) is 11.7. The van der Waals surface area contributed by atoms with E-state index < -0.39 is 0 Å². The molecule has 0 radical (unpaired) electrons. The third-order valence-electron chi connectivity index (χ3n) is 15.0. The standard InChI is InChI=1S/C68H40N6S2/c1-5-19-41(20-6-1)66-70-67(42-21-7-2-8-22-42)72-68(71-66)54-39-43(46-29-17-33-57-59(46)52-37-35-49-47-27-13-15-31-55(47)73(62(49)64(52)75-57)44-23-9-3-10-24-44)40-69-61(54)51-30-18-34-58-60(51)53-38-36-50-48-28-14-16-32-56(48)74(63(50)65(53)76-58)45-25-11-4-12-26-45/h1-40H. The van der Waals surface area contributed by atoms with Crippen molar-refractivity contribution in [3.63, 3.8) is 0 Å². The summed E-state index contributed by atoms with van der Waals surface area (Å²) in [6, 6.07) is 84.3. The largest absolute Gasteiger partial charge is 0.308 e. The molecular weight excluding hydrogens is 965 g/mol. The van der Waals surface area contributed by atoms with Gasteiger partial charge in [-0.15, -0.1) is 22.7 Å². The van der Waals surface area contributed by atoms with Crippen LogP contribution >= 0.6 is 22.7 Å². The maximum Gasteiger partial charge on any atom is 0.166 e. The van der Waals surface area contributed by atoms with Gasteiger partial charge < -0.3 is 9.13 Å². The Balaban J connectivity index is 0.976. The number of nitrogens with zero attached hydrogens (tertiary/aromatic N) is 6. The summed E-state index contributed by atoms with van der Waals surface area (Å²) in [5.41, 5.74) is 13.6. The Morgan fingerprint density at radius 2 is 0.750 bits per heavy atom. The Bertz CT molecular complexity index is 4920. The quantitative estimate of drug-likeness (QED) is 0.160. The lowest BCUT2D eigenvalue weighted by Crippen LogP contribution is -2.02. The number of benzene rings is 10. The molecule has 0 aliphatic rings. The van der Waals surface area contributed by atoms with Gasteiger partial charge in [0.2, 0.25) is 0 Å². The number of hydrogen-bond acceptors (Lipinski definition) is 6. The predicted octanol–water partition coefficient (Wildman–Crippen LogP) is 18.5. The van der Waals surface area contributed by atoms with E-state index in [4.69, 9.17) is 19.9 Å². The van der Waals surface area contributed by atoms with Crippen LogP contribution in [0.2, 0.25) is 0 Å². The summed E-state index contributed by atoms with van der Waals surface area (Å²) in [5, 5.41) is 9.68. The number of fused-ring (bicyclic) bond motifs is 14. The highest BCUT2D eigenvalue weighted by Gasteiger charge is 2.25. The van der Waals surface area contributed by atoms with Gasteiger partial charge in [0.1, 0.15) is 0 Å². The predicted molar refractivity (Wildman–Crippen MR) is 319 cm³/mol. The minimum Gasteiger partial charge on any atom is -0.308 e. The average Bonchev–Trinajstić information content (AvgIpc) is 4.33. The summed E-state index contributed by atoms with van der Waals surface area (Å²) >= 11 is 3.69. The normalized spacial score (nSPS) is 11.9. The minimum absolute atomic E-state index is 0.552. The molecule has 16 aromatic rings. The van der Waals surface area contributed by atoms with Crippen molar-refractivity contribution in [2.75, 3.05) is 0 Å². The van der Waals surface area contributed by atoms with Crippen molar-refractivity contribution in [2.24, 2.45) is 0 Å². The van der Waals surface area contributed by atoms with Crippen LogP contribution in [-0.4, -0.2) is 29.1 Å². The monoisotopic (exact) mass is 1000 g/mol. The van der Waals surface area contributed by atoms with Crippen molar-refractivity contribution in [3.8, 4) is 67.9 Å². The van der Waals surface area contributed by atoms with Crippen LogP contribution in [0.25, 0.3) is 152 Å². The highest BCUT2D eigenvalue weighted by Crippen LogP contribution is 2.49. The fourth-order valence-corrected chi connectivity index (χ4v) is 14.3. The van der Waals surface area contributed by atoms with Crippen LogP contribution in [0.4, 0.5) is 0 Å². The zero-order valence-electron chi connectivity index (χ0n) is 40.6. The van der Waals surface area contributed by atoms with Gasteiger partial charge in [-0.25, -0.2) is 15.0 Å². The van der Waals surface area contributed by atoms with Crippen molar-refractivity contribution < 1.29 is 0 Å². The Hall–Kier alpha value is -9.60. The van der Waals surface area contributed by atoms with E-state index in [1.807, 2.05) is 59.1 Å². The lowest BCUT2D eigenvalue weighted by atomic mass is 9.95. The summed E-state index contributed by atoms with van der Waals surface area (Å²) in [4.78, 5) is 21.5. The van der Waals surface area contributed by atoms with E-state index in [9.17, 15) is 0 Å². The Labute approximate surface area is 443 Å². The molecule has 6 nitrogen and oxygen atoms in total. The van der Waals surface area contributed by atoms with Crippen molar-refractivity contribution in [1.82, 2.24) is 29.1 Å². The van der Waals surface area contributed by atoms with Crippen molar-refractivity contribution in [3.05, 3.63) is 243 Å². The molecule has 0 bridgehead atoms. The van der Waals surface area contributed by atoms with Gasteiger partial charge in [-0.05, 0) is 60.2 Å². The Kier molecular flexibility index (Phi) is 9.57.